The third-order valence-electron chi connectivity index (χ3n) is 3.64. The Hall–Kier alpha value is -1.61. The lowest BCUT2D eigenvalue weighted by atomic mass is 10.1. The summed E-state index contributed by atoms with van der Waals surface area (Å²) < 4.78 is 6.00. The van der Waals surface area contributed by atoms with Gasteiger partial charge in [0.1, 0.15) is 6.54 Å². The highest BCUT2D eigenvalue weighted by atomic mass is 16.5. The topological polar surface area (TPSA) is 26.3 Å². The van der Waals surface area contributed by atoms with Gasteiger partial charge in [0.05, 0.1) is 26.7 Å². The van der Waals surface area contributed by atoms with Crippen molar-refractivity contribution in [3.8, 4) is 0 Å². The van der Waals surface area contributed by atoms with E-state index in [9.17, 15) is 4.79 Å². The van der Waals surface area contributed by atoms with Crippen LogP contribution in [0.25, 0.3) is 0 Å². The van der Waals surface area contributed by atoms with E-state index in [1.54, 1.807) is 0 Å². The first-order valence-corrected chi connectivity index (χ1v) is 6.86. The summed E-state index contributed by atoms with van der Waals surface area (Å²) in [5.74, 6) is -0.145. The van der Waals surface area contributed by atoms with Crippen LogP contribution in [0.1, 0.15) is 18.9 Å². The maximum atomic E-state index is 11.7. The molecule has 0 fully saturated rings. The van der Waals surface area contributed by atoms with Crippen molar-refractivity contribution in [2.45, 2.75) is 19.9 Å². The molecule has 3 heteroatoms. The van der Waals surface area contributed by atoms with Gasteiger partial charge in [-0.2, -0.15) is 0 Å². The summed E-state index contributed by atoms with van der Waals surface area (Å²) >= 11 is 0. The zero-order chi connectivity index (χ0) is 13.7. The summed E-state index contributed by atoms with van der Waals surface area (Å²) in [5.41, 5.74) is 2.18. The molecule has 0 saturated carbocycles. The first-order valence-electron chi connectivity index (χ1n) is 6.86. The molecular formula is C16H22NO2+. The number of rotatable bonds is 4. The summed E-state index contributed by atoms with van der Waals surface area (Å²) in [6, 6.07) is 10.5. The molecule has 19 heavy (non-hydrogen) atoms. The van der Waals surface area contributed by atoms with Crippen molar-refractivity contribution in [3.63, 3.8) is 0 Å². The molecule has 0 amide bonds. The summed E-state index contributed by atoms with van der Waals surface area (Å²) in [6.45, 7) is 5.18. The second-order valence-electron chi connectivity index (χ2n) is 5.37. The number of hydrogen-bond donors (Lipinski definition) is 0. The third kappa shape index (κ3) is 3.67. The molecule has 3 nitrogen and oxygen atoms in total. The maximum Gasteiger partial charge on any atom is 0.334 e. The van der Waals surface area contributed by atoms with Gasteiger partial charge in [0, 0.05) is 17.6 Å². The molecule has 2 rings (SSSR count). The predicted molar refractivity (Wildman–Crippen MR) is 75.4 cm³/mol. The predicted octanol–water partition coefficient (Wildman–Crippen LogP) is 2.53. The van der Waals surface area contributed by atoms with Crippen LogP contribution >= 0.6 is 0 Å². The van der Waals surface area contributed by atoms with Crippen LogP contribution in [0.3, 0.4) is 0 Å². The van der Waals surface area contributed by atoms with Crippen LogP contribution < -0.4 is 0 Å². The quantitative estimate of drug-likeness (QED) is 0.614. The van der Waals surface area contributed by atoms with Crippen molar-refractivity contribution in [2.75, 3.05) is 26.7 Å². The van der Waals surface area contributed by atoms with Crippen molar-refractivity contribution >= 4 is 5.97 Å². The van der Waals surface area contributed by atoms with E-state index >= 15 is 0 Å². The standard InChI is InChI=1S/C16H22NO2/c1-3-19-16(18)15-9-11-17(2,12-10-15)13-14-7-5-4-6-8-14/h4-9H,3,10-13H2,1-2H3/q+1. The van der Waals surface area contributed by atoms with Gasteiger partial charge in [-0.15, -0.1) is 0 Å². The van der Waals surface area contributed by atoms with Gasteiger partial charge in [0.15, 0.2) is 0 Å². The van der Waals surface area contributed by atoms with Gasteiger partial charge in [-0.1, -0.05) is 30.3 Å². The largest absolute Gasteiger partial charge is 0.463 e. The molecule has 0 saturated heterocycles. The number of ether oxygens (including phenoxy) is 1. The molecule has 1 aliphatic heterocycles. The fraction of sp³-hybridized carbons (Fsp3) is 0.438. The summed E-state index contributed by atoms with van der Waals surface area (Å²) in [7, 11) is 2.24. The SMILES string of the molecule is CCOC(=O)C1=CC[N+](C)(Cc2ccccc2)CC1. The fourth-order valence-electron chi connectivity index (χ4n) is 2.49. The van der Waals surface area contributed by atoms with E-state index in [-0.39, 0.29) is 5.97 Å². The molecular weight excluding hydrogens is 238 g/mol. The number of likely N-dealkylation sites (N-methyl/N-ethyl adjacent to an activating group) is 1. The fourth-order valence-corrected chi connectivity index (χ4v) is 2.49. The molecule has 0 aromatic heterocycles. The number of hydrogen-bond acceptors (Lipinski definition) is 2. The van der Waals surface area contributed by atoms with Crippen LogP contribution in [0.5, 0.6) is 0 Å². The lowest BCUT2D eigenvalue weighted by Crippen LogP contribution is -2.46. The van der Waals surface area contributed by atoms with E-state index in [0.717, 1.165) is 36.1 Å². The molecule has 1 unspecified atom stereocenters. The van der Waals surface area contributed by atoms with E-state index in [2.05, 4.69) is 31.3 Å². The maximum absolute atomic E-state index is 11.7. The highest BCUT2D eigenvalue weighted by molar-refractivity contribution is 5.88. The van der Waals surface area contributed by atoms with Gasteiger partial charge in [-0.05, 0) is 13.0 Å². The highest BCUT2D eigenvalue weighted by Gasteiger charge is 2.28. The second-order valence-corrected chi connectivity index (χ2v) is 5.37. The Bertz CT molecular complexity index is 467. The molecule has 0 aliphatic carbocycles. The Morgan fingerprint density at radius 2 is 2.05 bits per heavy atom. The Labute approximate surface area is 115 Å². The zero-order valence-corrected chi connectivity index (χ0v) is 11.8. The molecule has 0 spiro atoms. The van der Waals surface area contributed by atoms with Crippen molar-refractivity contribution in [1.82, 2.24) is 0 Å². The van der Waals surface area contributed by atoms with Gasteiger partial charge in [-0.25, -0.2) is 4.79 Å². The van der Waals surface area contributed by atoms with Gasteiger partial charge in [0.25, 0.3) is 0 Å². The first-order chi connectivity index (χ1) is 9.13. The van der Waals surface area contributed by atoms with Crippen molar-refractivity contribution in [1.29, 1.82) is 0 Å². The molecule has 1 aromatic carbocycles. The Balaban J connectivity index is 1.99. The van der Waals surface area contributed by atoms with E-state index in [4.69, 9.17) is 4.74 Å². The summed E-state index contributed by atoms with van der Waals surface area (Å²) in [5, 5.41) is 0. The summed E-state index contributed by atoms with van der Waals surface area (Å²) in [6.07, 6.45) is 2.85. The Morgan fingerprint density at radius 3 is 2.63 bits per heavy atom. The number of carbonyl (C=O) groups excluding carboxylic acids is 1. The first kappa shape index (κ1) is 13.8. The minimum Gasteiger partial charge on any atom is -0.463 e. The average molecular weight is 260 g/mol. The molecule has 102 valence electrons. The lowest BCUT2D eigenvalue weighted by molar-refractivity contribution is -0.918. The number of nitrogens with zero attached hydrogens (tertiary/aromatic N) is 1. The zero-order valence-electron chi connectivity index (χ0n) is 11.8. The minimum atomic E-state index is -0.145. The molecule has 1 atom stereocenters. The van der Waals surface area contributed by atoms with Crippen LogP contribution in [0.15, 0.2) is 42.0 Å². The van der Waals surface area contributed by atoms with Crippen LogP contribution in [-0.4, -0.2) is 37.2 Å². The summed E-state index contributed by atoms with van der Waals surface area (Å²) in [4.78, 5) is 11.7. The Morgan fingerprint density at radius 1 is 1.32 bits per heavy atom. The van der Waals surface area contributed by atoms with E-state index in [1.807, 2.05) is 19.1 Å². The normalized spacial score (nSPS) is 22.7. The second kappa shape index (κ2) is 6.02. The minimum absolute atomic E-state index is 0.145. The van der Waals surface area contributed by atoms with Crippen molar-refractivity contribution in [3.05, 3.63) is 47.5 Å². The van der Waals surface area contributed by atoms with Gasteiger partial charge >= 0.3 is 5.97 Å². The van der Waals surface area contributed by atoms with E-state index in [1.165, 1.54) is 5.56 Å². The third-order valence-corrected chi connectivity index (χ3v) is 3.64. The van der Waals surface area contributed by atoms with Gasteiger partial charge < -0.3 is 9.22 Å². The van der Waals surface area contributed by atoms with Crippen LogP contribution in [-0.2, 0) is 16.1 Å². The van der Waals surface area contributed by atoms with Crippen LogP contribution in [0.2, 0.25) is 0 Å². The highest BCUT2D eigenvalue weighted by Crippen LogP contribution is 2.21. The lowest BCUT2D eigenvalue weighted by Gasteiger charge is -2.36. The van der Waals surface area contributed by atoms with E-state index in [0.29, 0.717) is 6.61 Å². The smallest absolute Gasteiger partial charge is 0.334 e. The number of benzene rings is 1. The molecule has 1 aliphatic rings. The van der Waals surface area contributed by atoms with Crippen LogP contribution in [0.4, 0.5) is 0 Å². The van der Waals surface area contributed by atoms with Crippen LogP contribution in [0, 0.1) is 0 Å². The number of carbonyl (C=O) groups is 1. The molecule has 0 radical (unpaired) electrons. The van der Waals surface area contributed by atoms with E-state index < -0.39 is 0 Å². The van der Waals surface area contributed by atoms with Crippen molar-refractivity contribution < 1.29 is 14.0 Å². The monoisotopic (exact) mass is 260 g/mol. The Kier molecular flexibility index (Phi) is 4.38. The van der Waals surface area contributed by atoms with Gasteiger partial charge in [-0.3, -0.25) is 0 Å². The molecule has 0 bridgehead atoms. The van der Waals surface area contributed by atoms with Gasteiger partial charge in [0.2, 0.25) is 0 Å². The van der Waals surface area contributed by atoms with Crippen molar-refractivity contribution in [2.24, 2.45) is 0 Å². The number of quaternary nitrogens is 1. The molecule has 0 N–H and O–H groups in total. The molecule has 1 heterocycles. The average Bonchev–Trinajstić information content (AvgIpc) is 2.40. The molecule has 1 aromatic rings. The number of esters is 1.